The Hall–Kier alpha value is -2.08. The fourth-order valence-electron chi connectivity index (χ4n) is 2.87. The molecule has 1 aromatic heterocycles. The average Bonchev–Trinajstić information content (AvgIpc) is 3.32. The number of imidazole rings is 1. The predicted octanol–water partition coefficient (Wildman–Crippen LogP) is 4.30. The van der Waals surface area contributed by atoms with Gasteiger partial charge in [0, 0.05) is 0 Å². The molecule has 25 heavy (non-hydrogen) atoms. The molecular formula is C18H15Cl2N3O2. The lowest BCUT2D eigenvalue weighted by molar-refractivity contribution is 0.102. The molecule has 1 atom stereocenters. The quantitative estimate of drug-likeness (QED) is 0.691. The number of amides is 1. The molecule has 1 amide bonds. The molecule has 0 bridgehead atoms. The number of rotatable bonds is 4. The summed E-state index contributed by atoms with van der Waals surface area (Å²) in [7, 11) is 0. The molecule has 128 valence electrons. The van der Waals surface area contributed by atoms with Crippen molar-refractivity contribution in [2.24, 2.45) is 0 Å². The van der Waals surface area contributed by atoms with Gasteiger partial charge in [0.05, 0.1) is 46.1 Å². The highest BCUT2D eigenvalue weighted by molar-refractivity contribution is 6.40. The zero-order valence-electron chi connectivity index (χ0n) is 13.4. The Morgan fingerprint density at radius 2 is 1.96 bits per heavy atom. The number of aromatic nitrogens is 2. The molecule has 4 rings (SSSR count). The Bertz CT molecular complexity index is 960. The highest BCUT2D eigenvalue weighted by Crippen LogP contribution is 2.29. The minimum atomic E-state index is -0.360. The van der Waals surface area contributed by atoms with Gasteiger partial charge in [0.25, 0.3) is 5.91 Å². The second-order valence-corrected chi connectivity index (χ2v) is 6.76. The molecule has 2 aromatic carbocycles. The van der Waals surface area contributed by atoms with Crippen LogP contribution in [0.15, 0.2) is 36.4 Å². The van der Waals surface area contributed by atoms with Gasteiger partial charge in [-0.3, -0.25) is 4.79 Å². The van der Waals surface area contributed by atoms with Gasteiger partial charge in [-0.25, -0.2) is 4.98 Å². The van der Waals surface area contributed by atoms with Crippen LogP contribution in [0.2, 0.25) is 10.0 Å². The number of epoxide rings is 1. The van der Waals surface area contributed by atoms with Crippen molar-refractivity contribution in [3.63, 3.8) is 0 Å². The fourth-order valence-corrected chi connectivity index (χ4v) is 3.44. The summed E-state index contributed by atoms with van der Waals surface area (Å²) in [6.07, 6.45) is 0.247. The summed E-state index contributed by atoms with van der Waals surface area (Å²) in [6, 6.07) is 10.7. The van der Waals surface area contributed by atoms with Crippen LogP contribution in [0.1, 0.15) is 16.2 Å². The molecule has 1 N–H and O–H groups in total. The number of carbonyl (C=O) groups excluding carboxylic acids is 1. The van der Waals surface area contributed by atoms with Gasteiger partial charge in [-0.15, -0.1) is 0 Å². The van der Waals surface area contributed by atoms with Gasteiger partial charge in [-0.05, 0) is 31.2 Å². The maximum absolute atomic E-state index is 12.6. The summed E-state index contributed by atoms with van der Waals surface area (Å²) in [5.41, 5.74) is 2.57. The Balaban J connectivity index is 1.71. The summed E-state index contributed by atoms with van der Waals surface area (Å²) < 4.78 is 7.42. The van der Waals surface area contributed by atoms with Crippen LogP contribution in [0.3, 0.4) is 0 Å². The third-order valence-corrected chi connectivity index (χ3v) is 4.83. The van der Waals surface area contributed by atoms with Gasteiger partial charge in [0.2, 0.25) is 0 Å². The van der Waals surface area contributed by atoms with E-state index in [9.17, 15) is 4.79 Å². The standard InChI is InChI=1S/C18H15Cl2N3O2/c1-10-21-17-14(6-3-7-15(17)23(10)8-11-9-25-11)22-18(24)16-12(19)4-2-5-13(16)20/h2-7,11H,8-9H2,1H3,(H,22,24). The first-order chi connectivity index (χ1) is 12.0. The second-order valence-electron chi connectivity index (χ2n) is 5.95. The number of ether oxygens (including phenoxy) is 1. The monoisotopic (exact) mass is 375 g/mol. The van der Waals surface area contributed by atoms with E-state index in [1.165, 1.54) is 0 Å². The summed E-state index contributed by atoms with van der Waals surface area (Å²) >= 11 is 12.2. The second kappa shape index (κ2) is 6.33. The number of nitrogens with zero attached hydrogens (tertiary/aromatic N) is 2. The van der Waals surface area contributed by atoms with Crippen LogP contribution in [0, 0.1) is 6.92 Å². The highest BCUT2D eigenvalue weighted by atomic mass is 35.5. The minimum absolute atomic E-state index is 0.247. The summed E-state index contributed by atoms with van der Waals surface area (Å²) in [6.45, 7) is 3.48. The van der Waals surface area contributed by atoms with Gasteiger partial charge in [-0.1, -0.05) is 35.3 Å². The van der Waals surface area contributed by atoms with Crippen molar-refractivity contribution in [3.05, 3.63) is 57.8 Å². The van der Waals surface area contributed by atoms with Crippen molar-refractivity contribution in [1.82, 2.24) is 9.55 Å². The van der Waals surface area contributed by atoms with Gasteiger partial charge in [0.1, 0.15) is 11.3 Å². The minimum Gasteiger partial charge on any atom is -0.371 e. The van der Waals surface area contributed by atoms with Gasteiger partial charge in [0.15, 0.2) is 0 Å². The molecule has 3 aromatic rings. The van der Waals surface area contributed by atoms with Crippen LogP contribution >= 0.6 is 23.2 Å². The van der Waals surface area contributed by atoms with Crippen molar-refractivity contribution in [1.29, 1.82) is 0 Å². The van der Waals surface area contributed by atoms with E-state index in [0.717, 1.165) is 30.0 Å². The number of benzene rings is 2. The molecule has 0 radical (unpaired) electrons. The number of para-hydroxylation sites is 1. The summed E-state index contributed by atoms with van der Waals surface area (Å²) in [5, 5.41) is 3.50. The van der Waals surface area contributed by atoms with E-state index in [1.54, 1.807) is 18.2 Å². The normalized spacial score (nSPS) is 16.2. The number of anilines is 1. The van der Waals surface area contributed by atoms with Crippen molar-refractivity contribution >= 4 is 45.8 Å². The molecular weight excluding hydrogens is 361 g/mol. The summed E-state index contributed by atoms with van der Waals surface area (Å²) in [5.74, 6) is 0.517. The van der Waals surface area contributed by atoms with E-state index >= 15 is 0 Å². The van der Waals surface area contributed by atoms with E-state index in [4.69, 9.17) is 27.9 Å². The molecule has 1 aliphatic rings. The first kappa shape index (κ1) is 16.4. The van der Waals surface area contributed by atoms with Crippen LogP contribution in [0.4, 0.5) is 5.69 Å². The van der Waals surface area contributed by atoms with Crippen LogP contribution in [0.5, 0.6) is 0 Å². The molecule has 5 nitrogen and oxygen atoms in total. The molecule has 1 unspecified atom stereocenters. The lowest BCUT2D eigenvalue weighted by atomic mass is 10.2. The van der Waals surface area contributed by atoms with Crippen LogP contribution in [0.25, 0.3) is 11.0 Å². The number of aryl methyl sites for hydroxylation is 1. The van der Waals surface area contributed by atoms with Crippen LogP contribution in [-0.4, -0.2) is 28.2 Å². The van der Waals surface area contributed by atoms with Crippen molar-refractivity contribution < 1.29 is 9.53 Å². The lowest BCUT2D eigenvalue weighted by Crippen LogP contribution is -2.13. The van der Waals surface area contributed by atoms with Gasteiger partial charge >= 0.3 is 0 Å². The van der Waals surface area contributed by atoms with Crippen molar-refractivity contribution in [2.45, 2.75) is 19.6 Å². The number of fused-ring (bicyclic) bond motifs is 1. The van der Waals surface area contributed by atoms with Crippen LogP contribution < -0.4 is 5.32 Å². The van der Waals surface area contributed by atoms with E-state index in [2.05, 4.69) is 14.9 Å². The first-order valence-corrected chi connectivity index (χ1v) is 8.63. The first-order valence-electron chi connectivity index (χ1n) is 7.87. The van der Waals surface area contributed by atoms with E-state index in [-0.39, 0.29) is 17.6 Å². The molecule has 0 saturated carbocycles. The zero-order valence-corrected chi connectivity index (χ0v) is 14.9. The van der Waals surface area contributed by atoms with Gasteiger partial charge < -0.3 is 14.6 Å². The van der Waals surface area contributed by atoms with Gasteiger partial charge in [-0.2, -0.15) is 0 Å². The lowest BCUT2D eigenvalue weighted by Gasteiger charge is -2.09. The third-order valence-electron chi connectivity index (χ3n) is 4.20. The number of halogens is 2. The topological polar surface area (TPSA) is 59.5 Å². The summed E-state index contributed by atoms with van der Waals surface area (Å²) in [4.78, 5) is 17.3. The Labute approximate surface area is 154 Å². The number of nitrogens with one attached hydrogen (secondary N) is 1. The van der Waals surface area contributed by atoms with E-state index < -0.39 is 0 Å². The fraction of sp³-hybridized carbons (Fsp3) is 0.222. The van der Waals surface area contributed by atoms with Crippen LogP contribution in [-0.2, 0) is 11.3 Å². The third kappa shape index (κ3) is 3.11. The molecule has 1 saturated heterocycles. The van der Waals surface area contributed by atoms with Crippen molar-refractivity contribution in [2.75, 3.05) is 11.9 Å². The molecule has 0 spiro atoms. The molecule has 2 heterocycles. The number of hydrogen-bond acceptors (Lipinski definition) is 3. The van der Waals surface area contributed by atoms with E-state index in [1.807, 2.05) is 25.1 Å². The van der Waals surface area contributed by atoms with E-state index in [0.29, 0.717) is 15.7 Å². The highest BCUT2D eigenvalue weighted by Gasteiger charge is 2.25. The maximum atomic E-state index is 12.6. The molecule has 0 aliphatic carbocycles. The average molecular weight is 376 g/mol. The maximum Gasteiger partial charge on any atom is 0.258 e. The SMILES string of the molecule is Cc1nc2c(NC(=O)c3c(Cl)cccc3Cl)cccc2n1CC1CO1. The predicted molar refractivity (Wildman–Crippen MR) is 98.6 cm³/mol. The smallest absolute Gasteiger partial charge is 0.258 e. The number of carbonyl (C=O) groups is 1. The molecule has 1 fully saturated rings. The largest absolute Gasteiger partial charge is 0.371 e. The van der Waals surface area contributed by atoms with Crippen molar-refractivity contribution in [3.8, 4) is 0 Å². The Morgan fingerprint density at radius 3 is 2.64 bits per heavy atom. The Morgan fingerprint density at radius 1 is 1.28 bits per heavy atom. The zero-order chi connectivity index (χ0) is 17.6. The number of hydrogen-bond donors (Lipinski definition) is 1. The Kier molecular flexibility index (Phi) is 4.15. The molecule has 7 heteroatoms. The molecule has 1 aliphatic heterocycles.